The summed E-state index contributed by atoms with van der Waals surface area (Å²) in [5.41, 5.74) is 6.88. The highest BCUT2D eigenvalue weighted by molar-refractivity contribution is 5.16. The van der Waals surface area contributed by atoms with Crippen LogP contribution in [-0.2, 0) is 11.2 Å². The molecule has 3 nitrogen and oxygen atoms in total. The Morgan fingerprint density at radius 3 is 2.57 bits per heavy atom. The Morgan fingerprint density at radius 1 is 1.43 bits per heavy atom. The number of halogens is 1. The van der Waals surface area contributed by atoms with Crippen molar-refractivity contribution in [1.29, 1.82) is 0 Å². The van der Waals surface area contributed by atoms with Gasteiger partial charge in [0.05, 0.1) is 0 Å². The Bertz CT molecular complexity index is 393. The molecule has 1 aliphatic heterocycles. The molecule has 1 unspecified atom stereocenters. The fraction of sp³-hybridized carbons (Fsp3) is 0.529. The average molecular weight is 294 g/mol. The zero-order valence-corrected chi connectivity index (χ0v) is 13.1. The van der Waals surface area contributed by atoms with Crippen LogP contribution in [0.4, 0.5) is 4.39 Å². The molecule has 1 aliphatic rings. The van der Waals surface area contributed by atoms with E-state index in [0.29, 0.717) is 6.04 Å². The highest BCUT2D eigenvalue weighted by atomic mass is 19.1. The van der Waals surface area contributed by atoms with Gasteiger partial charge in [-0.05, 0) is 44.0 Å². The molecule has 2 N–H and O–H groups in total. The quantitative estimate of drug-likeness (QED) is 0.866. The van der Waals surface area contributed by atoms with E-state index in [2.05, 4.69) is 22.5 Å². The van der Waals surface area contributed by atoms with Gasteiger partial charge >= 0.3 is 0 Å². The number of ether oxygens (including phenoxy) is 1. The lowest BCUT2D eigenvalue weighted by molar-refractivity contribution is 0.215. The monoisotopic (exact) mass is 294 g/mol. The largest absolute Gasteiger partial charge is 0.385 e. The molecule has 1 aromatic carbocycles. The predicted molar refractivity (Wildman–Crippen MR) is 86.6 cm³/mol. The van der Waals surface area contributed by atoms with Gasteiger partial charge in [0.15, 0.2) is 0 Å². The van der Waals surface area contributed by atoms with E-state index in [9.17, 15) is 4.39 Å². The van der Waals surface area contributed by atoms with Crippen LogP contribution >= 0.6 is 0 Å². The van der Waals surface area contributed by atoms with E-state index in [1.165, 1.54) is 6.07 Å². The van der Waals surface area contributed by atoms with Crippen molar-refractivity contribution in [3.63, 3.8) is 0 Å². The van der Waals surface area contributed by atoms with Crippen LogP contribution in [0.1, 0.15) is 18.9 Å². The third-order valence-electron chi connectivity index (χ3n) is 3.20. The number of nitrogens with zero attached hydrogens (tertiary/aromatic N) is 1. The first-order chi connectivity index (χ1) is 10.2. The fourth-order valence-corrected chi connectivity index (χ4v) is 2.05. The molecule has 4 heteroatoms. The van der Waals surface area contributed by atoms with Crippen molar-refractivity contribution in [3.05, 3.63) is 35.6 Å². The van der Waals surface area contributed by atoms with Gasteiger partial charge in [-0.3, -0.25) is 0 Å². The highest BCUT2D eigenvalue weighted by Gasteiger charge is 2.18. The Hall–Kier alpha value is -1.41. The molecule has 1 aromatic rings. The number of benzene rings is 1. The van der Waals surface area contributed by atoms with Crippen molar-refractivity contribution in [2.24, 2.45) is 5.73 Å². The number of rotatable bonds is 4. The summed E-state index contributed by atoms with van der Waals surface area (Å²) in [7, 11) is 1.68. The van der Waals surface area contributed by atoms with E-state index in [0.717, 1.165) is 44.6 Å². The van der Waals surface area contributed by atoms with Gasteiger partial charge in [-0.15, -0.1) is 12.8 Å². The van der Waals surface area contributed by atoms with Crippen molar-refractivity contribution in [2.75, 3.05) is 33.4 Å². The molecular weight excluding hydrogens is 267 g/mol. The van der Waals surface area contributed by atoms with Crippen LogP contribution in [0.2, 0.25) is 0 Å². The number of hydrogen-bond donors (Lipinski definition) is 1. The summed E-state index contributed by atoms with van der Waals surface area (Å²) in [6.45, 7) is 5.82. The maximum absolute atomic E-state index is 12.9. The molecule has 1 heterocycles. The second kappa shape index (κ2) is 12.3. The van der Waals surface area contributed by atoms with Crippen LogP contribution in [0.5, 0.6) is 0 Å². The van der Waals surface area contributed by atoms with Gasteiger partial charge in [-0.25, -0.2) is 4.39 Å². The molecule has 1 atom stereocenters. The number of terminal acetylenes is 1. The van der Waals surface area contributed by atoms with Crippen molar-refractivity contribution < 1.29 is 9.13 Å². The van der Waals surface area contributed by atoms with Crippen LogP contribution in [0, 0.1) is 18.7 Å². The van der Waals surface area contributed by atoms with Crippen LogP contribution in [-0.4, -0.2) is 44.3 Å². The van der Waals surface area contributed by atoms with Gasteiger partial charge in [-0.2, -0.15) is 0 Å². The standard InChI is InChI=1S/C12H17FN2.C3H8O.C2H2/c13-11-3-1-2-10(8-11)4-6-15-7-5-12(14)9-15;1-3-4-2;1-2/h1-3,8,12H,4-7,9,14H2;3H2,1-2H3;1-2H. The topological polar surface area (TPSA) is 38.5 Å². The van der Waals surface area contributed by atoms with Gasteiger partial charge in [0.25, 0.3) is 0 Å². The number of hydrogen-bond acceptors (Lipinski definition) is 3. The van der Waals surface area contributed by atoms with Crippen molar-refractivity contribution in [1.82, 2.24) is 4.90 Å². The second-order valence-electron chi connectivity index (χ2n) is 4.81. The molecule has 1 fully saturated rings. The lowest BCUT2D eigenvalue weighted by atomic mass is 10.1. The zero-order valence-electron chi connectivity index (χ0n) is 13.1. The second-order valence-corrected chi connectivity index (χ2v) is 4.81. The van der Waals surface area contributed by atoms with Crippen molar-refractivity contribution in [3.8, 4) is 12.8 Å². The highest BCUT2D eigenvalue weighted by Crippen LogP contribution is 2.09. The van der Waals surface area contributed by atoms with E-state index >= 15 is 0 Å². The smallest absolute Gasteiger partial charge is 0.123 e. The normalized spacial score (nSPS) is 17.3. The molecular formula is C17H27FN2O. The van der Waals surface area contributed by atoms with E-state index in [4.69, 9.17) is 5.73 Å². The van der Waals surface area contributed by atoms with E-state index in [-0.39, 0.29) is 5.82 Å². The third-order valence-corrected chi connectivity index (χ3v) is 3.20. The number of nitrogens with two attached hydrogens (primary N) is 1. The minimum absolute atomic E-state index is 0.148. The molecule has 0 aliphatic carbocycles. The Morgan fingerprint density at radius 2 is 2.10 bits per heavy atom. The van der Waals surface area contributed by atoms with E-state index in [1.807, 2.05) is 13.0 Å². The summed E-state index contributed by atoms with van der Waals surface area (Å²) in [5, 5.41) is 0. The summed E-state index contributed by atoms with van der Waals surface area (Å²) < 4.78 is 17.4. The average Bonchev–Trinajstić information content (AvgIpc) is 2.93. The Kier molecular flexibility index (Phi) is 11.5. The molecule has 0 saturated carbocycles. The summed E-state index contributed by atoms with van der Waals surface area (Å²) in [4.78, 5) is 2.34. The van der Waals surface area contributed by atoms with Gasteiger partial charge in [0, 0.05) is 32.8 Å². The molecule has 0 amide bonds. The molecule has 118 valence electrons. The minimum atomic E-state index is -0.148. The molecule has 1 saturated heterocycles. The van der Waals surface area contributed by atoms with Gasteiger partial charge in [0.1, 0.15) is 5.82 Å². The zero-order chi connectivity index (χ0) is 16.1. The summed E-state index contributed by atoms with van der Waals surface area (Å²) in [6, 6.07) is 7.16. The minimum Gasteiger partial charge on any atom is -0.385 e. The first kappa shape index (κ1) is 19.6. The Balaban J connectivity index is 0.000000579. The van der Waals surface area contributed by atoms with Crippen LogP contribution in [0.3, 0.4) is 0 Å². The summed E-state index contributed by atoms with van der Waals surface area (Å²) in [6.07, 6.45) is 9.99. The molecule has 0 spiro atoms. The summed E-state index contributed by atoms with van der Waals surface area (Å²) in [5.74, 6) is -0.148. The lowest BCUT2D eigenvalue weighted by Crippen LogP contribution is -2.28. The summed E-state index contributed by atoms with van der Waals surface area (Å²) >= 11 is 0. The maximum atomic E-state index is 12.9. The van der Waals surface area contributed by atoms with E-state index in [1.54, 1.807) is 19.2 Å². The van der Waals surface area contributed by atoms with Crippen LogP contribution in [0.25, 0.3) is 0 Å². The van der Waals surface area contributed by atoms with Gasteiger partial charge in [-0.1, -0.05) is 12.1 Å². The molecule has 2 rings (SSSR count). The first-order valence-electron chi connectivity index (χ1n) is 7.20. The molecule has 0 radical (unpaired) electrons. The first-order valence-corrected chi connectivity index (χ1v) is 7.20. The maximum Gasteiger partial charge on any atom is 0.123 e. The van der Waals surface area contributed by atoms with Crippen LogP contribution in [0.15, 0.2) is 24.3 Å². The SMILES string of the molecule is C#C.CCOC.NC1CCN(CCc2cccc(F)c2)C1. The third kappa shape index (κ3) is 9.19. The lowest BCUT2D eigenvalue weighted by Gasteiger charge is -2.14. The molecule has 21 heavy (non-hydrogen) atoms. The molecule has 0 aromatic heterocycles. The number of methoxy groups -OCH3 is 1. The van der Waals surface area contributed by atoms with Gasteiger partial charge in [0.2, 0.25) is 0 Å². The van der Waals surface area contributed by atoms with Crippen molar-refractivity contribution in [2.45, 2.75) is 25.8 Å². The van der Waals surface area contributed by atoms with E-state index < -0.39 is 0 Å². The van der Waals surface area contributed by atoms with Crippen molar-refractivity contribution >= 4 is 0 Å². The number of likely N-dealkylation sites (tertiary alicyclic amines) is 1. The predicted octanol–water partition coefficient (Wildman–Crippen LogP) is 2.30. The van der Waals surface area contributed by atoms with Crippen LogP contribution < -0.4 is 5.73 Å². The Labute approximate surface area is 128 Å². The fourth-order valence-electron chi connectivity index (χ4n) is 2.05. The van der Waals surface area contributed by atoms with Gasteiger partial charge < -0.3 is 15.4 Å². The molecule has 0 bridgehead atoms.